The van der Waals surface area contributed by atoms with Crippen molar-refractivity contribution in [3.63, 3.8) is 0 Å². The molecule has 5 nitrogen and oxygen atoms in total. The molecule has 1 heterocycles. The van der Waals surface area contributed by atoms with Crippen molar-refractivity contribution >= 4 is 21.6 Å². The van der Waals surface area contributed by atoms with E-state index in [0.29, 0.717) is 13.0 Å². The van der Waals surface area contributed by atoms with Crippen LogP contribution in [-0.2, 0) is 19.6 Å². The molecule has 0 unspecified atom stereocenters. The Bertz CT molecular complexity index is 1010. The zero-order valence-electron chi connectivity index (χ0n) is 17.8. The van der Waals surface area contributed by atoms with Crippen LogP contribution >= 0.6 is 0 Å². The van der Waals surface area contributed by atoms with Crippen molar-refractivity contribution in [3.05, 3.63) is 66.2 Å². The molecule has 3 rings (SSSR count). The molecule has 1 aliphatic heterocycles. The van der Waals surface area contributed by atoms with Gasteiger partial charge in [-0.1, -0.05) is 74.5 Å². The summed E-state index contributed by atoms with van der Waals surface area (Å²) in [7, 11) is -2.59. The molecule has 0 bridgehead atoms. The Morgan fingerprint density at radius 3 is 2.03 bits per heavy atom. The van der Waals surface area contributed by atoms with Gasteiger partial charge < -0.3 is 4.74 Å². The Balaban J connectivity index is 1.80. The molecule has 2 aromatic rings. The first-order valence-corrected chi connectivity index (χ1v) is 11.8. The highest BCUT2D eigenvalue weighted by Gasteiger charge is 2.51. The van der Waals surface area contributed by atoms with Crippen LogP contribution in [0.2, 0.25) is 0 Å². The number of ether oxygens (including phenoxy) is 1. The number of hydrogen-bond acceptors (Lipinski definition) is 4. The van der Waals surface area contributed by atoms with Crippen molar-refractivity contribution in [2.24, 2.45) is 0 Å². The van der Waals surface area contributed by atoms with E-state index in [9.17, 15) is 13.2 Å². The SMILES string of the molecule is CCC(CC)(C(=O)OC)S(=O)(=O)N1CC=C(c2ccc(-c3ccccc3)cc2)CC1. The third kappa shape index (κ3) is 3.94. The fourth-order valence-electron chi connectivity index (χ4n) is 4.08. The van der Waals surface area contributed by atoms with Crippen LogP contribution in [0.25, 0.3) is 16.7 Å². The van der Waals surface area contributed by atoms with Gasteiger partial charge in [0.05, 0.1) is 7.11 Å². The summed E-state index contributed by atoms with van der Waals surface area (Å²) in [6.07, 6.45) is 2.93. The molecule has 1 aliphatic rings. The average molecular weight is 428 g/mol. The summed E-state index contributed by atoms with van der Waals surface area (Å²) in [5.74, 6) is -0.682. The number of rotatable bonds is 7. The maximum Gasteiger partial charge on any atom is 0.328 e. The highest BCUT2D eigenvalue weighted by molar-refractivity contribution is 7.91. The first-order chi connectivity index (χ1) is 14.4. The maximum absolute atomic E-state index is 13.3. The first kappa shape index (κ1) is 22.2. The molecule has 0 radical (unpaired) electrons. The molecule has 0 atom stereocenters. The van der Waals surface area contributed by atoms with Gasteiger partial charge in [-0.2, -0.15) is 4.31 Å². The van der Waals surface area contributed by atoms with Crippen molar-refractivity contribution in [3.8, 4) is 11.1 Å². The van der Waals surface area contributed by atoms with Crippen LogP contribution in [0.1, 0.15) is 38.7 Å². The average Bonchev–Trinajstić information content (AvgIpc) is 2.80. The summed E-state index contributed by atoms with van der Waals surface area (Å²) >= 11 is 0. The Morgan fingerprint density at radius 1 is 0.967 bits per heavy atom. The lowest BCUT2D eigenvalue weighted by Gasteiger charge is -2.35. The van der Waals surface area contributed by atoms with E-state index in [1.807, 2.05) is 24.3 Å². The summed E-state index contributed by atoms with van der Waals surface area (Å²) in [5.41, 5.74) is 4.53. The molecule has 2 aromatic carbocycles. The number of sulfonamides is 1. The van der Waals surface area contributed by atoms with Crippen LogP contribution in [-0.4, -0.2) is 43.6 Å². The fourth-order valence-corrected chi connectivity index (χ4v) is 6.20. The molecule has 6 heteroatoms. The van der Waals surface area contributed by atoms with E-state index in [1.165, 1.54) is 11.4 Å². The van der Waals surface area contributed by atoms with Crippen LogP contribution in [0, 0.1) is 0 Å². The van der Waals surface area contributed by atoms with Crippen LogP contribution in [0.3, 0.4) is 0 Å². The second kappa shape index (κ2) is 9.14. The summed E-state index contributed by atoms with van der Waals surface area (Å²) in [6, 6.07) is 18.5. The van der Waals surface area contributed by atoms with Gasteiger partial charge in [-0.05, 0) is 41.5 Å². The Kier molecular flexibility index (Phi) is 6.78. The van der Waals surface area contributed by atoms with Gasteiger partial charge in [0.25, 0.3) is 0 Å². The van der Waals surface area contributed by atoms with E-state index in [0.717, 1.165) is 22.3 Å². The maximum atomic E-state index is 13.3. The van der Waals surface area contributed by atoms with Crippen molar-refractivity contribution in [2.45, 2.75) is 37.9 Å². The number of nitrogens with zero attached hydrogens (tertiary/aromatic N) is 1. The van der Waals surface area contributed by atoms with Crippen molar-refractivity contribution in [1.82, 2.24) is 4.31 Å². The number of carbonyl (C=O) groups is 1. The molecule has 0 saturated heterocycles. The minimum atomic E-state index is -3.83. The quantitative estimate of drug-likeness (QED) is 0.610. The van der Waals surface area contributed by atoms with E-state index >= 15 is 0 Å². The zero-order valence-corrected chi connectivity index (χ0v) is 18.6. The largest absolute Gasteiger partial charge is 0.468 e. The molecule has 0 saturated carbocycles. The summed E-state index contributed by atoms with van der Waals surface area (Å²) < 4.78 is 31.4. The lowest BCUT2D eigenvalue weighted by atomic mass is 9.97. The van der Waals surface area contributed by atoms with Crippen molar-refractivity contribution < 1.29 is 17.9 Å². The molecular weight excluding hydrogens is 398 g/mol. The summed E-state index contributed by atoms with van der Waals surface area (Å²) in [5, 5.41) is 0. The van der Waals surface area contributed by atoms with E-state index in [2.05, 4.69) is 36.4 Å². The second-order valence-corrected chi connectivity index (χ2v) is 9.73. The minimum absolute atomic E-state index is 0.187. The predicted molar refractivity (Wildman–Crippen MR) is 120 cm³/mol. The van der Waals surface area contributed by atoms with Gasteiger partial charge in [0.1, 0.15) is 0 Å². The highest BCUT2D eigenvalue weighted by atomic mass is 32.2. The summed E-state index contributed by atoms with van der Waals surface area (Å²) in [4.78, 5) is 12.4. The Morgan fingerprint density at radius 2 is 1.53 bits per heavy atom. The van der Waals surface area contributed by atoms with Crippen LogP contribution < -0.4 is 0 Å². The van der Waals surface area contributed by atoms with Crippen LogP contribution in [0.15, 0.2) is 60.7 Å². The minimum Gasteiger partial charge on any atom is -0.468 e. The van der Waals surface area contributed by atoms with Gasteiger partial charge in [0, 0.05) is 13.1 Å². The van der Waals surface area contributed by atoms with Gasteiger partial charge in [0.2, 0.25) is 10.0 Å². The van der Waals surface area contributed by atoms with Gasteiger partial charge >= 0.3 is 5.97 Å². The Hall–Kier alpha value is -2.44. The van der Waals surface area contributed by atoms with Crippen LogP contribution in [0.4, 0.5) is 0 Å². The monoisotopic (exact) mass is 427 g/mol. The molecule has 0 aliphatic carbocycles. The van der Waals surface area contributed by atoms with E-state index in [4.69, 9.17) is 4.74 Å². The zero-order chi connectivity index (χ0) is 21.8. The van der Waals surface area contributed by atoms with E-state index < -0.39 is 20.7 Å². The topological polar surface area (TPSA) is 63.7 Å². The van der Waals surface area contributed by atoms with Gasteiger partial charge in [-0.15, -0.1) is 0 Å². The first-order valence-electron chi connectivity index (χ1n) is 10.3. The number of benzene rings is 2. The number of carbonyl (C=O) groups excluding carboxylic acids is 1. The molecule has 0 fully saturated rings. The van der Waals surface area contributed by atoms with Gasteiger partial charge in [0.15, 0.2) is 4.75 Å². The van der Waals surface area contributed by atoms with E-state index in [1.54, 1.807) is 13.8 Å². The number of esters is 1. The molecule has 0 N–H and O–H groups in total. The lowest BCUT2D eigenvalue weighted by molar-refractivity contribution is -0.144. The second-order valence-electron chi connectivity index (χ2n) is 7.48. The molecule has 0 spiro atoms. The van der Waals surface area contributed by atoms with Gasteiger partial charge in [-0.25, -0.2) is 8.42 Å². The van der Waals surface area contributed by atoms with E-state index in [-0.39, 0.29) is 19.4 Å². The predicted octanol–water partition coefficient (Wildman–Crippen LogP) is 4.50. The van der Waals surface area contributed by atoms with Crippen molar-refractivity contribution in [2.75, 3.05) is 20.2 Å². The molecular formula is C24H29NO4S. The van der Waals surface area contributed by atoms with Gasteiger partial charge in [-0.3, -0.25) is 4.79 Å². The third-order valence-electron chi connectivity index (χ3n) is 6.07. The molecule has 0 aromatic heterocycles. The third-order valence-corrected chi connectivity index (χ3v) is 8.81. The highest BCUT2D eigenvalue weighted by Crippen LogP contribution is 2.34. The summed E-state index contributed by atoms with van der Waals surface area (Å²) in [6.45, 7) is 4.05. The molecule has 30 heavy (non-hydrogen) atoms. The van der Waals surface area contributed by atoms with Crippen molar-refractivity contribution in [1.29, 1.82) is 0 Å². The number of hydrogen-bond donors (Lipinski definition) is 0. The van der Waals surface area contributed by atoms with Crippen LogP contribution in [0.5, 0.6) is 0 Å². The number of methoxy groups -OCH3 is 1. The Labute approximate surface area is 179 Å². The normalized spacial score (nSPS) is 15.5. The molecule has 0 amide bonds. The lowest BCUT2D eigenvalue weighted by Crippen LogP contribution is -2.54. The fraction of sp³-hybridized carbons (Fsp3) is 0.375. The standard InChI is InChI=1S/C24H29NO4S/c1-4-24(5-2,23(26)29-3)30(27,28)25-17-15-22(16-18-25)21-13-11-20(12-14-21)19-9-7-6-8-10-19/h6-15H,4-5,16-18H2,1-3H3. The smallest absolute Gasteiger partial charge is 0.328 e. The molecule has 160 valence electrons.